The lowest BCUT2D eigenvalue weighted by Gasteiger charge is -2.23. The Hall–Kier alpha value is -2.16. The smallest absolute Gasteiger partial charge is 0.164 e. The third-order valence-electron chi connectivity index (χ3n) is 3.57. The zero-order valence-electron chi connectivity index (χ0n) is 14.0. The maximum Gasteiger partial charge on any atom is 0.164 e. The lowest BCUT2D eigenvalue weighted by Crippen LogP contribution is -2.15. The van der Waals surface area contributed by atoms with Crippen LogP contribution in [0.15, 0.2) is 42.5 Å². The number of ether oxygens (including phenoxy) is 3. The van der Waals surface area contributed by atoms with Crippen molar-refractivity contribution < 1.29 is 14.2 Å². The molecule has 118 valence electrons. The summed E-state index contributed by atoms with van der Waals surface area (Å²) in [6.45, 7) is 7.16. The minimum absolute atomic E-state index is 0.0948. The van der Waals surface area contributed by atoms with Crippen LogP contribution in [-0.4, -0.2) is 14.2 Å². The van der Waals surface area contributed by atoms with Crippen molar-refractivity contribution in [3.63, 3.8) is 0 Å². The van der Waals surface area contributed by atoms with Gasteiger partial charge in [-0.3, -0.25) is 0 Å². The second kappa shape index (κ2) is 6.73. The highest BCUT2D eigenvalue weighted by atomic mass is 16.5. The summed E-state index contributed by atoms with van der Waals surface area (Å²) in [6, 6.07) is 14.0. The third-order valence-corrected chi connectivity index (χ3v) is 3.57. The number of methoxy groups -OCH3 is 2. The second-order valence-corrected chi connectivity index (χ2v) is 6.21. The van der Waals surface area contributed by atoms with E-state index in [0.717, 1.165) is 5.75 Å². The Morgan fingerprint density at radius 1 is 0.864 bits per heavy atom. The number of rotatable bonds is 5. The van der Waals surface area contributed by atoms with Crippen molar-refractivity contribution in [1.29, 1.82) is 0 Å². The third kappa shape index (κ3) is 3.73. The zero-order chi connectivity index (χ0) is 16.2. The molecule has 0 bridgehead atoms. The van der Waals surface area contributed by atoms with Crippen LogP contribution in [-0.2, 0) is 12.0 Å². The fourth-order valence-corrected chi connectivity index (χ4v) is 2.45. The van der Waals surface area contributed by atoms with Gasteiger partial charge in [0.2, 0.25) is 0 Å². The van der Waals surface area contributed by atoms with Gasteiger partial charge in [-0.2, -0.15) is 0 Å². The van der Waals surface area contributed by atoms with Crippen LogP contribution < -0.4 is 14.2 Å². The largest absolute Gasteiger partial charge is 0.493 e. The quantitative estimate of drug-likeness (QED) is 0.809. The highest BCUT2D eigenvalue weighted by molar-refractivity contribution is 5.45. The molecular weight excluding hydrogens is 276 g/mol. The summed E-state index contributed by atoms with van der Waals surface area (Å²) in [6.07, 6.45) is 0. The molecule has 2 rings (SSSR count). The average Bonchev–Trinajstić information content (AvgIpc) is 2.52. The molecule has 0 saturated carbocycles. The van der Waals surface area contributed by atoms with E-state index in [-0.39, 0.29) is 5.41 Å². The molecule has 0 aromatic heterocycles. The molecule has 22 heavy (non-hydrogen) atoms. The van der Waals surface area contributed by atoms with E-state index in [1.165, 1.54) is 11.1 Å². The summed E-state index contributed by atoms with van der Waals surface area (Å²) in [5, 5.41) is 0. The summed E-state index contributed by atoms with van der Waals surface area (Å²) in [5.41, 5.74) is 2.60. The first-order valence-electron chi connectivity index (χ1n) is 7.39. The molecule has 0 spiro atoms. The van der Waals surface area contributed by atoms with Gasteiger partial charge in [-0.1, -0.05) is 45.0 Å². The Labute approximate surface area is 132 Å². The minimum atomic E-state index is 0.0948. The summed E-state index contributed by atoms with van der Waals surface area (Å²) < 4.78 is 16.5. The standard InChI is InChI=1S/C19H24O3/c1-19(2,3)16-9-7-6-8-14(16)13-22-15-10-11-17(20-4)18(12-15)21-5/h6-12H,13H2,1-5H3. The van der Waals surface area contributed by atoms with E-state index < -0.39 is 0 Å². The molecule has 2 aromatic rings. The van der Waals surface area contributed by atoms with E-state index >= 15 is 0 Å². The molecule has 3 heteroatoms. The highest BCUT2D eigenvalue weighted by Gasteiger charge is 2.17. The van der Waals surface area contributed by atoms with Crippen LogP contribution in [0, 0.1) is 0 Å². The molecule has 2 aromatic carbocycles. The van der Waals surface area contributed by atoms with E-state index in [1.807, 2.05) is 24.3 Å². The minimum Gasteiger partial charge on any atom is -0.493 e. The van der Waals surface area contributed by atoms with Gasteiger partial charge in [0.25, 0.3) is 0 Å². The predicted octanol–water partition coefficient (Wildman–Crippen LogP) is 4.58. The van der Waals surface area contributed by atoms with Crippen LogP contribution >= 0.6 is 0 Å². The molecule has 0 saturated heterocycles. The molecule has 0 aliphatic carbocycles. The monoisotopic (exact) mass is 300 g/mol. The van der Waals surface area contributed by atoms with Crippen LogP contribution in [0.5, 0.6) is 17.2 Å². The molecule has 0 atom stereocenters. The van der Waals surface area contributed by atoms with Gasteiger partial charge in [0.15, 0.2) is 11.5 Å². The Kier molecular flexibility index (Phi) is 4.96. The van der Waals surface area contributed by atoms with Gasteiger partial charge in [-0.25, -0.2) is 0 Å². The maximum absolute atomic E-state index is 5.93. The topological polar surface area (TPSA) is 27.7 Å². The second-order valence-electron chi connectivity index (χ2n) is 6.21. The lowest BCUT2D eigenvalue weighted by molar-refractivity contribution is 0.297. The number of hydrogen-bond acceptors (Lipinski definition) is 3. The van der Waals surface area contributed by atoms with Crippen molar-refractivity contribution in [2.75, 3.05) is 14.2 Å². The van der Waals surface area contributed by atoms with Crippen molar-refractivity contribution in [1.82, 2.24) is 0 Å². The van der Waals surface area contributed by atoms with Crippen molar-refractivity contribution in [3.05, 3.63) is 53.6 Å². The molecule has 0 aliphatic rings. The molecule has 0 unspecified atom stereocenters. The summed E-state index contributed by atoms with van der Waals surface area (Å²) in [7, 11) is 3.24. The first-order chi connectivity index (χ1) is 10.5. The first kappa shape index (κ1) is 16.2. The van der Waals surface area contributed by atoms with Gasteiger partial charge in [0, 0.05) is 6.07 Å². The van der Waals surface area contributed by atoms with E-state index in [2.05, 4.69) is 39.0 Å². The molecule has 0 amide bonds. The Morgan fingerprint density at radius 3 is 2.18 bits per heavy atom. The van der Waals surface area contributed by atoms with Gasteiger partial charge in [0.1, 0.15) is 12.4 Å². The normalized spacial score (nSPS) is 11.1. The van der Waals surface area contributed by atoms with E-state index in [9.17, 15) is 0 Å². The summed E-state index contributed by atoms with van der Waals surface area (Å²) in [5.74, 6) is 2.13. The van der Waals surface area contributed by atoms with Crippen LogP contribution in [0.4, 0.5) is 0 Å². The fourth-order valence-electron chi connectivity index (χ4n) is 2.45. The molecule has 0 fully saturated rings. The summed E-state index contributed by atoms with van der Waals surface area (Å²) >= 11 is 0. The SMILES string of the molecule is COc1ccc(OCc2ccccc2C(C)(C)C)cc1OC. The molecule has 0 aliphatic heterocycles. The predicted molar refractivity (Wildman–Crippen MR) is 89.0 cm³/mol. The van der Waals surface area contributed by atoms with E-state index in [1.54, 1.807) is 14.2 Å². The fraction of sp³-hybridized carbons (Fsp3) is 0.368. The van der Waals surface area contributed by atoms with Crippen molar-refractivity contribution >= 4 is 0 Å². The Bertz CT molecular complexity index is 627. The zero-order valence-corrected chi connectivity index (χ0v) is 14.0. The first-order valence-corrected chi connectivity index (χ1v) is 7.39. The van der Waals surface area contributed by atoms with Gasteiger partial charge in [-0.05, 0) is 28.7 Å². The Morgan fingerprint density at radius 2 is 1.55 bits per heavy atom. The maximum atomic E-state index is 5.93. The van der Waals surface area contributed by atoms with Gasteiger partial charge >= 0.3 is 0 Å². The van der Waals surface area contributed by atoms with Crippen molar-refractivity contribution in [2.24, 2.45) is 0 Å². The Balaban J connectivity index is 2.17. The number of benzene rings is 2. The highest BCUT2D eigenvalue weighted by Crippen LogP contribution is 2.32. The van der Waals surface area contributed by atoms with Crippen LogP contribution in [0.3, 0.4) is 0 Å². The van der Waals surface area contributed by atoms with Gasteiger partial charge in [0.05, 0.1) is 14.2 Å². The molecule has 0 radical (unpaired) electrons. The molecule has 3 nitrogen and oxygen atoms in total. The van der Waals surface area contributed by atoms with Crippen LogP contribution in [0.2, 0.25) is 0 Å². The van der Waals surface area contributed by atoms with Crippen LogP contribution in [0.1, 0.15) is 31.9 Å². The number of hydrogen-bond donors (Lipinski definition) is 0. The molecular formula is C19H24O3. The van der Waals surface area contributed by atoms with Gasteiger partial charge < -0.3 is 14.2 Å². The van der Waals surface area contributed by atoms with Crippen molar-refractivity contribution in [3.8, 4) is 17.2 Å². The van der Waals surface area contributed by atoms with Gasteiger partial charge in [-0.15, -0.1) is 0 Å². The lowest BCUT2D eigenvalue weighted by atomic mass is 9.84. The van der Waals surface area contributed by atoms with Crippen LogP contribution in [0.25, 0.3) is 0 Å². The van der Waals surface area contributed by atoms with Crippen molar-refractivity contribution in [2.45, 2.75) is 32.8 Å². The van der Waals surface area contributed by atoms with E-state index in [4.69, 9.17) is 14.2 Å². The molecule has 0 N–H and O–H groups in total. The van der Waals surface area contributed by atoms with E-state index in [0.29, 0.717) is 18.1 Å². The molecule has 0 heterocycles. The average molecular weight is 300 g/mol. The summed E-state index contributed by atoms with van der Waals surface area (Å²) in [4.78, 5) is 0.